The molecule has 2 rings (SSSR count). The van der Waals surface area contributed by atoms with E-state index in [-0.39, 0.29) is 17.5 Å². The van der Waals surface area contributed by atoms with Crippen LogP contribution in [-0.2, 0) is 0 Å². The predicted molar refractivity (Wildman–Crippen MR) is 84.1 cm³/mol. The number of nitrogens with two attached hydrogens (primary N) is 1. The topological polar surface area (TPSA) is 70.1 Å². The van der Waals surface area contributed by atoms with Crippen LogP contribution in [0.4, 0.5) is 32.0 Å². The summed E-state index contributed by atoms with van der Waals surface area (Å²) in [6.07, 6.45) is -11.7. The van der Waals surface area contributed by atoms with Gasteiger partial charge in [-0.3, -0.25) is 4.79 Å². The number of carbonyl (C=O) groups excluding carboxylic acids is 1. The predicted octanol–water partition coefficient (Wildman–Crippen LogP) is 4.42. The molecule has 1 aromatic carbocycles. The molecular formula is C17H13F6N3O. The molecule has 0 bridgehead atoms. The van der Waals surface area contributed by atoms with Crippen LogP contribution in [0.2, 0.25) is 0 Å². The maximum Gasteiger partial charge on any atom is 0.411 e. The SMILES string of the molecule is CC(=O)c1ccc(N2C(C)=CC(C(F)(F)F)(C(F)(F)F)C(C#N)=C2N)cc1. The van der Waals surface area contributed by atoms with Gasteiger partial charge in [0, 0.05) is 16.9 Å². The van der Waals surface area contributed by atoms with Crippen LogP contribution in [-0.4, -0.2) is 18.1 Å². The molecule has 0 amide bonds. The highest BCUT2D eigenvalue weighted by Gasteiger charge is 2.73. The van der Waals surface area contributed by atoms with E-state index in [1.54, 1.807) is 0 Å². The van der Waals surface area contributed by atoms with E-state index in [0.717, 1.165) is 17.9 Å². The fourth-order valence-electron chi connectivity index (χ4n) is 2.90. The third-order valence-electron chi connectivity index (χ3n) is 4.21. The van der Waals surface area contributed by atoms with Gasteiger partial charge < -0.3 is 10.6 Å². The highest BCUT2D eigenvalue weighted by Crippen LogP contribution is 2.58. The van der Waals surface area contributed by atoms with E-state index in [2.05, 4.69) is 0 Å². The van der Waals surface area contributed by atoms with E-state index >= 15 is 0 Å². The molecule has 27 heavy (non-hydrogen) atoms. The minimum Gasteiger partial charge on any atom is -0.384 e. The van der Waals surface area contributed by atoms with Gasteiger partial charge in [0.15, 0.2) is 5.78 Å². The largest absolute Gasteiger partial charge is 0.411 e. The molecule has 1 aliphatic heterocycles. The van der Waals surface area contributed by atoms with Crippen LogP contribution in [0.1, 0.15) is 24.2 Å². The van der Waals surface area contributed by atoms with Gasteiger partial charge in [0.05, 0.1) is 5.57 Å². The monoisotopic (exact) mass is 389 g/mol. The Balaban J connectivity index is 2.74. The van der Waals surface area contributed by atoms with Crippen molar-refractivity contribution in [2.24, 2.45) is 11.1 Å². The van der Waals surface area contributed by atoms with E-state index in [1.807, 2.05) is 0 Å². The summed E-state index contributed by atoms with van der Waals surface area (Å²) in [5, 5.41) is 9.10. The second-order valence-corrected chi connectivity index (χ2v) is 5.90. The van der Waals surface area contributed by atoms with Crippen molar-refractivity contribution in [1.29, 1.82) is 5.26 Å². The number of hydrogen-bond donors (Lipinski definition) is 1. The molecule has 0 atom stereocenters. The van der Waals surface area contributed by atoms with Crippen LogP contribution in [0.5, 0.6) is 0 Å². The Morgan fingerprint density at radius 3 is 1.96 bits per heavy atom. The van der Waals surface area contributed by atoms with Crippen molar-refractivity contribution in [1.82, 2.24) is 0 Å². The minimum absolute atomic E-state index is 0.0548. The number of halogens is 6. The average Bonchev–Trinajstić information content (AvgIpc) is 2.52. The van der Waals surface area contributed by atoms with Crippen molar-refractivity contribution < 1.29 is 31.1 Å². The van der Waals surface area contributed by atoms with E-state index in [0.29, 0.717) is 5.56 Å². The van der Waals surface area contributed by atoms with Crippen molar-refractivity contribution in [2.45, 2.75) is 26.2 Å². The molecule has 0 fully saturated rings. The van der Waals surface area contributed by atoms with Gasteiger partial charge in [0.2, 0.25) is 5.41 Å². The molecule has 1 heterocycles. The summed E-state index contributed by atoms with van der Waals surface area (Å²) in [6.45, 7) is 2.32. The molecule has 1 aromatic rings. The smallest absolute Gasteiger partial charge is 0.384 e. The molecule has 0 saturated heterocycles. The molecule has 1 aliphatic rings. The fraction of sp³-hybridized carbons (Fsp3) is 0.294. The summed E-state index contributed by atoms with van der Waals surface area (Å²) in [7, 11) is 0. The summed E-state index contributed by atoms with van der Waals surface area (Å²) in [5.41, 5.74) is -0.627. The Bertz CT molecular complexity index is 858. The van der Waals surface area contributed by atoms with Gasteiger partial charge in [0.25, 0.3) is 0 Å². The van der Waals surface area contributed by atoms with Gasteiger partial charge in [-0.05, 0) is 44.2 Å². The van der Waals surface area contributed by atoms with Crippen LogP contribution >= 0.6 is 0 Å². The van der Waals surface area contributed by atoms with E-state index in [9.17, 15) is 31.1 Å². The zero-order valence-electron chi connectivity index (χ0n) is 14.0. The third-order valence-corrected chi connectivity index (χ3v) is 4.21. The summed E-state index contributed by atoms with van der Waals surface area (Å²) < 4.78 is 80.9. The zero-order chi connectivity index (χ0) is 20.8. The first-order valence-corrected chi connectivity index (χ1v) is 7.42. The van der Waals surface area contributed by atoms with Crippen LogP contribution < -0.4 is 10.6 Å². The molecule has 10 heteroatoms. The molecule has 2 N–H and O–H groups in total. The summed E-state index contributed by atoms with van der Waals surface area (Å²) in [6, 6.07) is 6.29. The third kappa shape index (κ3) is 3.03. The van der Waals surface area contributed by atoms with Gasteiger partial charge in [-0.2, -0.15) is 31.6 Å². The number of carbonyl (C=O) groups is 1. The van der Waals surface area contributed by atoms with Gasteiger partial charge in [-0.1, -0.05) is 0 Å². The summed E-state index contributed by atoms with van der Waals surface area (Å²) in [5.74, 6) is -1.26. The Morgan fingerprint density at radius 1 is 1.11 bits per heavy atom. The fourth-order valence-corrected chi connectivity index (χ4v) is 2.90. The van der Waals surface area contributed by atoms with Gasteiger partial charge in [0.1, 0.15) is 11.9 Å². The lowest BCUT2D eigenvalue weighted by Gasteiger charge is -2.41. The first-order chi connectivity index (χ1) is 12.3. The molecule has 144 valence electrons. The first-order valence-electron chi connectivity index (χ1n) is 7.42. The standard InChI is InChI=1S/C17H13F6N3O/c1-9-7-15(16(18,19)20,17(21,22)23)13(8-24)14(25)26(9)12-5-3-11(4-6-12)10(2)27/h3-7H,25H2,1-2H3. The Kier molecular flexibility index (Phi) is 4.77. The number of hydrogen-bond acceptors (Lipinski definition) is 4. The number of Topliss-reactive ketones (excluding diaryl/α,β-unsaturated/α-hetero) is 1. The Labute approximate surface area is 150 Å². The average molecular weight is 389 g/mol. The summed E-state index contributed by atoms with van der Waals surface area (Å²) >= 11 is 0. The molecule has 0 aliphatic carbocycles. The van der Waals surface area contributed by atoms with Crippen molar-refractivity contribution in [3.8, 4) is 6.07 Å². The van der Waals surface area contributed by atoms with Gasteiger partial charge in [-0.15, -0.1) is 0 Å². The maximum atomic E-state index is 13.5. The second-order valence-electron chi connectivity index (χ2n) is 5.90. The molecular weight excluding hydrogens is 376 g/mol. The van der Waals surface area contributed by atoms with E-state index in [4.69, 9.17) is 11.0 Å². The Hall–Kier alpha value is -2.96. The lowest BCUT2D eigenvalue weighted by molar-refractivity contribution is -0.306. The molecule has 0 aromatic heterocycles. The number of benzene rings is 1. The highest BCUT2D eigenvalue weighted by molar-refractivity contribution is 5.94. The van der Waals surface area contributed by atoms with Crippen molar-refractivity contribution >= 4 is 11.5 Å². The molecule has 0 spiro atoms. The van der Waals surface area contributed by atoms with Gasteiger partial charge >= 0.3 is 12.4 Å². The Morgan fingerprint density at radius 2 is 1.59 bits per heavy atom. The number of rotatable bonds is 2. The first kappa shape index (κ1) is 20.4. The number of nitriles is 1. The lowest BCUT2D eigenvalue weighted by atomic mass is 9.75. The second kappa shape index (κ2) is 6.33. The van der Waals surface area contributed by atoms with Crippen LogP contribution in [0, 0.1) is 16.7 Å². The van der Waals surface area contributed by atoms with Crippen molar-refractivity contribution in [2.75, 3.05) is 4.90 Å². The van der Waals surface area contributed by atoms with Crippen LogP contribution in [0.15, 0.2) is 47.4 Å². The van der Waals surface area contributed by atoms with Crippen molar-refractivity contribution in [3.63, 3.8) is 0 Å². The quantitative estimate of drug-likeness (QED) is 0.601. The van der Waals surface area contributed by atoms with E-state index < -0.39 is 34.9 Å². The number of allylic oxidation sites excluding steroid dienone is 3. The highest BCUT2D eigenvalue weighted by atomic mass is 19.4. The zero-order valence-corrected chi connectivity index (χ0v) is 14.0. The molecule has 4 nitrogen and oxygen atoms in total. The van der Waals surface area contributed by atoms with Gasteiger partial charge in [-0.25, -0.2) is 0 Å². The molecule has 0 saturated carbocycles. The number of alkyl halides is 6. The van der Waals surface area contributed by atoms with Crippen molar-refractivity contribution in [3.05, 3.63) is 53.0 Å². The number of nitrogens with zero attached hydrogens (tertiary/aromatic N) is 2. The van der Waals surface area contributed by atoms with E-state index in [1.165, 1.54) is 31.2 Å². The number of anilines is 1. The number of ketones is 1. The lowest BCUT2D eigenvalue weighted by Crippen LogP contribution is -2.54. The molecule has 0 unspecified atom stereocenters. The van der Waals surface area contributed by atoms with Crippen LogP contribution in [0.25, 0.3) is 0 Å². The molecule has 0 radical (unpaired) electrons. The maximum absolute atomic E-state index is 13.5. The summed E-state index contributed by atoms with van der Waals surface area (Å²) in [4.78, 5) is 12.2. The normalized spacial score (nSPS) is 17.4. The minimum atomic E-state index is -5.83. The van der Waals surface area contributed by atoms with Crippen LogP contribution in [0.3, 0.4) is 0 Å².